The lowest BCUT2D eigenvalue weighted by Crippen LogP contribution is -2.25. The first-order valence-corrected chi connectivity index (χ1v) is 13.3. The predicted molar refractivity (Wildman–Crippen MR) is 135 cm³/mol. The molecule has 0 bridgehead atoms. The van der Waals surface area contributed by atoms with Crippen LogP contribution >= 0.6 is 0 Å². The fourth-order valence-electron chi connectivity index (χ4n) is 3.04. The Labute approximate surface area is 207 Å². The maximum absolute atomic E-state index is 10.3. The van der Waals surface area contributed by atoms with E-state index in [2.05, 4.69) is 18.6 Å². The Balaban J connectivity index is 0. The van der Waals surface area contributed by atoms with E-state index in [-0.39, 0.29) is 26.4 Å². The highest BCUT2D eigenvalue weighted by Crippen LogP contribution is 2.14. The van der Waals surface area contributed by atoms with Crippen LogP contribution in [0.4, 0.5) is 0 Å². The van der Waals surface area contributed by atoms with Gasteiger partial charge in [-0.15, -0.1) is 0 Å². The minimum absolute atomic E-state index is 0.0342. The Bertz CT molecular complexity index is 392. The van der Waals surface area contributed by atoms with E-state index in [1.165, 1.54) is 70.6 Å². The van der Waals surface area contributed by atoms with Gasteiger partial charge in [-0.25, -0.2) is 0 Å². The van der Waals surface area contributed by atoms with Gasteiger partial charge in [-0.3, -0.25) is 4.79 Å². The number of epoxide rings is 1. The molecule has 0 amide bonds. The van der Waals surface area contributed by atoms with Crippen LogP contribution in [0.2, 0.25) is 0 Å². The number of aliphatic hydroxyl groups is 4. The number of carboxylic acids is 1. The number of aliphatic hydroxyl groups excluding tert-OH is 4. The van der Waals surface area contributed by atoms with E-state index in [9.17, 15) is 4.79 Å². The lowest BCUT2D eigenvalue weighted by molar-refractivity contribution is -0.137. The van der Waals surface area contributed by atoms with Gasteiger partial charge in [0, 0.05) is 6.42 Å². The molecule has 1 rings (SSSR count). The Kier molecular flexibility index (Phi) is 29.6. The van der Waals surface area contributed by atoms with Crippen molar-refractivity contribution in [3.05, 3.63) is 0 Å². The van der Waals surface area contributed by atoms with Crippen LogP contribution in [-0.2, 0) is 14.3 Å². The van der Waals surface area contributed by atoms with Crippen molar-refractivity contribution in [2.24, 2.45) is 5.92 Å². The van der Waals surface area contributed by atoms with Gasteiger partial charge in [-0.2, -0.15) is 0 Å². The fraction of sp³-hybridized carbons (Fsp3) is 0.962. The molecular weight excluding hydrogens is 440 g/mol. The Hall–Kier alpha value is -0.770. The summed E-state index contributed by atoms with van der Waals surface area (Å²) in [7, 11) is 0. The van der Waals surface area contributed by atoms with E-state index in [1.54, 1.807) is 0 Å². The van der Waals surface area contributed by atoms with Crippen molar-refractivity contribution in [1.29, 1.82) is 0 Å². The van der Waals surface area contributed by atoms with Crippen LogP contribution in [0.3, 0.4) is 0 Å². The molecule has 1 aliphatic heterocycles. The third-order valence-electron chi connectivity index (χ3n) is 5.17. The van der Waals surface area contributed by atoms with Crippen LogP contribution in [0.5, 0.6) is 0 Å². The molecule has 2 unspecified atom stereocenters. The molecule has 1 saturated heterocycles. The monoisotopic (exact) mass is 494 g/mol. The van der Waals surface area contributed by atoms with Gasteiger partial charge in [0.1, 0.15) is 12.2 Å². The molecular formula is C26H54O8. The summed E-state index contributed by atoms with van der Waals surface area (Å²) >= 11 is 0. The molecule has 0 aromatic heterocycles. The van der Waals surface area contributed by atoms with Gasteiger partial charge in [0.2, 0.25) is 0 Å². The van der Waals surface area contributed by atoms with Crippen molar-refractivity contribution in [2.45, 2.75) is 116 Å². The third-order valence-corrected chi connectivity index (χ3v) is 5.17. The number of unbranched alkanes of at least 4 members (excludes halogenated alkanes) is 11. The van der Waals surface area contributed by atoms with Gasteiger partial charge in [-0.1, -0.05) is 90.9 Å². The fourth-order valence-corrected chi connectivity index (χ4v) is 3.04. The highest BCUT2D eigenvalue weighted by atomic mass is 16.6. The molecule has 5 N–H and O–H groups in total. The topological polar surface area (TPSA) is 140 Å². The zero-order chi connectivity index (χ0) is 25.9. The summed E-state index contributed by atoms with van der Waals surface area (Å²) in [6.07, 6.45) is 15.5. The Morgan fingerprint density at radius 1 is 0.735 bits per heavy atom. The second-order valence-corrected chi connectivity index (χ2v) is 9.39. The van der Waals surface area contributed by atoms with E-state index in [1.807, 2.05) is 0 Å². The predicted octanol–water partition coefficient (Wildman–Crippen LogP) is 3.91. The second-order valence-electron chi connectivity index (χ2n) is 9.39. The largest absolute Gasteiger partial charge is 0.481 e. The minimum atomic E-state index is -0.916. The summed E-state index contributed by atoms with van der Waals surface area (Å²) in [5, 5.41) is 42.6. The van der Waals surface area contributed by atoms with Crippen molar-refractivity contribution < 1.29 is 39.8 Å². The van der Waals surface area contributed by atoms with E-state index in [0.29, 0.717) is 6.42 Å². The first kappa shape index (κ1) is 35.4. The van der Waals surface area contributed by atoms with Gasteiger partial charge in [0.05, 0.1) is 39.6 Å². The van der Waals surface area contributed by atoms with E-state index < -0.39 is 18.2 Å². The molecule has 0 aromatic rings. The molecule has 1 aliphatic rings. The molecule has 0 aliphatic carbocycles. The van der Waals surface area contributed by atoms with E-state index in [0.717, 1.165) is 32.0 Å². The van der Waals surface area contributed by atoms with Crippen LogP contribution in [0.25, 0.3) is 0 Å². The number of aliphatic carboxylic acids is 1. The molecule has 206 valence electrons. The first-order valence-electron chi connectivity index (χ1n) is 13.3. The van der Waals surface area contributed by atoms with Crippen LogP contribution in [0.15, 0.2) is 0 Å². The van der Waals surface area contributed by atoms with Crippen molar-refractivity contribution in [1.82, 2.24) is 0 Å². The second kappa shape index (κ2) is 28.5. The number of ether oxygens (including phenoxy) is 2. The molecule has 0 saturated carbocycles. The number of carboxylic acid groups (broad SMARTS) is 1. The normalized spacial score (nSPS) is 14.0. The summed E-state index contributed by atoms with van der Waals surface area (Å²) < 4.78 is 9.22. The molecule has 2 atom stereocenters. The summed E-state index contributed by atoms with van der Waals surface area (Å²) in [4.78, 5) is 10.3. The summed E-state index contributed by atoms with van der Waals surface area (Å²) in [5.41, 5.74) is 0. The molecule has 1 fully saturated rings. The smallest absolute Gasteiger partial charge is 0.303 e. The highest BCUT2D eigenvalue weighted by molar-refractivity contribution is 5.66. The van der Waals surface area contributed by atoms with Crippen LogP contribution in [0.1, 0.15) is 104 Å². The number of hydrogen-bond donors (Lipinski definition) is 5. The maximum atomic E-state index is 10.3. The lowest BCUT2D eigenvalue weighted by atomic mass is 10.0. The molecule has 8 heteroatoms. The zero-order valence-electron chi connectivity index (χ0n) is 21.8. The van der Waals surface area contributed by atoms with Crippen molar-refractivity contribution in [3.8, 4) is 0 Å². The standard InChI is InChI=1S/C18H36O2.C6H14O5.C2H4O/c1-17(2)15-13-11-9-7-5-3-4-6-8-10-12-14-16-18(19)20;7-1-5(9)3-11-4-6(10)2-8;1-2-3-1/h17H,3-16H2,1-2H3,(H,19,20);5-10H,1-4H2;1-2H2. The molecule has 8 nitrogen and oxygen atoms in total. The quantitative estimate of drug-likeness (QED) is 0.119. The number of hydrogen-bond acceptors (Lipinski definition) is 7. The summed E-state index contributed by atoms with van der Waals surface area (Å²) in [5.74, 6) is 0.212. The molecule has 0 aromatic carbocycles. The van der Waals surface area contributed by atoms with Crippen molar-refractivity contribution in [3.63, 3.8) is 0 Å². The number of carbonyl (C=O) groups is 1. The van der Waals surface area contributed by atoms with Crippen LogP contribution in [-0.4, -0.2) is 83.4 Å². The molecule has 1 heterocycles. The first-order chi connectivity index (χ1) is 16.3. The average Bonchev–Trinajstić information content (AvgIpc) is 3.68. The average molecular weight is 495 g/mol. The number of rotatable bonds is 21. The third kappa shape index (κ3) is 38.5. The van der Waals surface area contributed by atoms with Crippen molar-refractivity contribution in [2.75, 3.05) is 39.6 Å². The zero-order valence-corrected chi connectivity index (χ0v) is 21.8. The van der Waals surface area contributed by atoms with Gasteiger partial charge in [0.25, 0.3) is 0 Å². The van der Waals surface area contributed by atoms with E-state index >= 15 is 0 Å². The van der Waals surface area contributed by atoms with Crippen molar-refractivity contribution >= 4 is 5.97 Å². The van der Waals surface area contributed by atoms with Gasteiger partial charge >= 0.3 is 5.97 Å². The Morgan fingerprint density at radius 2 is 1.09 bits per heavy atom. The summed E-state index contributed by atoms with van der Waals surface area (Å²) in [6.45, 7) is 5.81. The van der Waals surface area contributed by atoms with Gasteiger partial charge < -0.3 is 35.0 Å². The van der Waals surface area contributed by atoms with E-state index in [4.69, 9.17) is 30.3 Å². The lowest BCUT2D eigenvalue weighted by Gasteiger charge is -2.10. The molecule has 0 spiro atoms. The Morgan fingerprint density at radius 3 is 1.38 bits per heavy atom. The minimum Gasteiger partial charge on any atom is -0.481 e. The van der Waals surface area contributed by atoms with Gasteiger partial charge in [-0.05, 0) is 12.3 Å². The van der Waals surface area contributed by atoms with Gasteiger partial charge in [0.15, 0.2) is 0 Å². The summed E-state index contributed by atoms with van der Waals surface area (Å²) in [6, 6.07) is 0. The molecule has 34 heavy (non-hydrogen) atoms. The van der Waals surface area contributed by atoms with Crippen LogP contribution < -0.4 is 0 Å². The maximum Gasteiger partial charge on any atom is 0.303 e. The SMILES string of the molecule is C1CO1.CC(C)CCCCCCCCCCCCCCC(=O)O.OCC(O)COCC(O)CO. The highest BCUT2D eigenvalue weighted by Gasteiger charge is 2.05. The molecule has 0 radical (unpaired) electrons. The van der Waals surface area contributed by atoms with Crippen LogP contribution in [0, 0.1) is 5.92 Å².